The summed E-state index contributed by atoms with van der Waals surface area (Å²) < 4.78 is 5.34. The molecule has 1 heterocycles. The third-order valence-electron chi connectivity index (χ3n) is 4.36. The van der Waals surface area contributed by atoms with E-state index in [-0.39, 0.29) is 17.9 Å². The van der Waals surface area contributed by atoms with E-state index in [9.17, 15) is 14.7 Å². The van der Waals surface area contributed by atoms with Crippen LogP contribution in [0.3, 0.4) is 0 Å². The van der Waals surface area contributed by atoms with Crippen LogP contribution in [0.25, 0.3) is 0 Å². The lowest BCUT2D eigenvalue weighted by atomic mass is 10.0. The molecule has 1 aliphatic heterocycles. The Bertz CT molecular complexity index is 551. The molecule has 0 spiro atoms. The minimum atomic E-state index is -0.833. The molecule has 2 aliphatic rings. The fourth-order valence-corrected chi connectivity index (χ4v) is 3.24. The molecule has 1 saturated heterocycles. The van der Waals surface area contributed by atoms with Crippen molar-refractivity contribution in [2.45, 2.75) is 31.2 Å². The highest BCUT2D eigenvalue weighted by atomic mass is 16.5. The van der Waals surface area contributed by atoms with Gasteiger partial charge in [0.05, 0.1) is 24.5 Å². The quantitative estimate of drug-likeness (QED) is 0.890. The molecule has 112 valence electrons. The van der Waals surface area contributed by atoms with Crippen molar-refractivity contribution in [2.24, 2.45) is 5.92 Å². The lowest BCUT2D eigenvalue weighted by Gasteiger charge is -2.23. The van der Waals surface area contributed by atoms with Crippen molar-refractivity contribution < 1.29 is 19.4 Å². The zero-order valence-corrected chi connectivity index (χ0v) is 11.7. The van der Waals surface area contributed by atoms with E-state index in [0.717, 1.165) is 30.6 Å². The average molecular weight is 289 g/mol. The second-order valence-corrected chi connectivity index (χ2v) is 5.73. The molecule has 0 bridgehead atoms. The van der Waals surface area contributed by atoms with Gasteiger partial charge in [0.1, 0.15) is 0 Å². The lowest BCUT2D eigenvalue weighted by molar-refractivity contribution is -0.139. The summed E-state index contributed by atoms with van der Waals surface area (Å²) in [7, 11) is 0. The number of carboxylic acid groups (broad SMARTS) is 1. The Balaban J connectivity index is 1.74. The Morgan fingerprint density at radius 1 is 1.24 bits per heavy atom. The number of benzene rings is 1. The van der Waals surface area contributed by atoms with Gasteiger partial charge in [0.15, 0.2) is 0 Å². The van der Waals surface area contributed by atoms with Crippen LogP contribution in [0.15, 0.2) is 24.3 Å². The molecule has 2 N–H and O–H groups in total. The third kappa shape index (κ3) is 2.78. The van der Waals surface area contributed by atoms with Gasteiger partial charge in [0.25, 0.3) is 0 Å². The van der Waals surface area contributed by atoms with E-state index in [1.807, 2.05) is 24.3 Å². The van der Waals surface area contributed by atoms with Crippen LogP contribution < -0.4 is 5.32 Å². The van der Waals surface area contributed by atoms with Crippen molar-refractivity contribution >= 4 is 11.9 Å². The number of carbonyl (C=O) groups excluding carboxylic acids is 1. The Labute approximate surface area is 123 Å². The van der Waals surface area contributed by atoms with E-state index in [2.05, 4.69) is 5.32 Å². The van der Waals surface area contributed by atoms with Crippen molar-refractivity contribution in [2.75, 3.05) is 13.2 Å². The van der Waals surface area contributed by atoms with Crippen LogP contribution in [-0.4, -0.2) is 30.2 Å². The highest BCUT2D eigenvalue weighted by molar-refractivity contribution is 5.81. The topological polar surface area (TPSA) is 75.6 Å². The van der Waals surface area contributed by atoms with Crippen LogP contribution in [0.4, 0.5) is 0 Å². The van der Waals surface area contributed by atoms with Gasteiger partial charge in [0, 0.05) is 6.61 Å². The van der Waals surface area contributed by atoms with Gasteiger partial charge in [-0.15, -0.1) is 0 Å². The Kier molecular flexibility index (Phi) is 3.92. The minimum Gasteiger partial charge on any atom is -0.481 e. The van der Waals surface area contributed by atoms with Gasteiger partial charge in [-0.05, 0) is 30.4 Å². The van der Waals surface area contributed by atoms with E-state index >= 15 is 0 Å². The predicted octanol–water partition coefficient (Wildman–Crippen LogP) is 1.84. The van der Waals surface area contributed by atoms with Crippen molar-refractivity contribution in [3.8, 4) is 0 Å². The molecule has 3 unspecified atom stereocenters. The molecule has 5 heteroatoms. The SMILES string of the molecule is O=C(NC1CC(C(=O)O)c2ccccc21)C1CCCOC1. The van der Waals surface area contributed by atoms with Crippen LogP contribution in [-0.2, 0) is 14.3 Å². The first-order chi connectivity index (χ1) is 10.2. The maximum absolute atomic E-state index is 12.3. The first-order valence-corrected chi connectivity index (χ1v) is 7.36. The Morgan fingerprint density at radius 2 is 2.00 bits per heavy atom. The first-order valence-electron chi connectivity index (χ1n) is 7.36. The van der Waals surface area contributed by atoms with E-state index in [0.29, 0.717) is 13.0 Å². The van der Waals surface area contributed by atoms with Crippen molar-refractivity contribution in [1.29, 1.82) is 0 Å². The molecule has 3 atom stereocenters. The number of carboxylic acids is 1. The van der Waals surface area contributed by atoms with Crippen LogP contribution >= 0.6 is 0 Å². The second-order valence-electron chi connectivity index (χ2n) is 5.73. The Hall–Kier alpha value is -1.88. The summed E-state index contributed by atoms with van der Waals surface area (Å²) in [5.74, 6) is -1.51. The fourth-order valence-electron chi connectivity index (χ4n) is 3.24. The molecule has 3 rings (SSSR count). The zero-order chi connectivity index (χ0) is 14.8. The van der Waals surface area contributed by atoms with Gasteiger partial charge in [-0.3, -0.25) is 9.59 Å². The maximum atomic E-state index is 12.3. The first kappa shape index (κ1) is 14.1. The molecule has 1 aromatic carbocycles. The number of ether oxygens (including phenoxy) is 1. The molecule has 1 aliphatic carbocycles. The number of amides is 1. The zero-order valence-electron chi connectivity index (χ0n) is 11.7. The van der Waals surface area contributed by atoms with Gasteiger partial charge in [0.2, 0.25) is 5.91 Å². The molecule has 1 aromatic rings. The summed E-state index contributed by atoms with van der Waals surface area (Å²) in [6.45, 7) is 1.18. The fraction of sp³-hybridized carbons (Fsp3) is 0.500. The van der Waals surface area contributed by atoms with Gasteiger partial charge >= 0.3 is 5.97 Å². The number of rotatable bonds is 3. The van der Waals surface area contributed by atoms with Gasteiger partial charge in [-0.25, -0.2) is 0 Å². The normalized spacial score (nSPS) is 27.9. The van der Waals surface area contributed by atoms with Crippen LogP contribution in [0.5, 0.6) is 0 Å². The standard InChI is InChI=1S/C16H19NO4/c18-15(10-4-3-7-21-9-10)17-14-8-13(16(19)20)11-5-1-2-6-12(11)14/h1-2,5-6,10,13-14H,3-4,7-9H2,(H,17,18)(H,19,20). The van der Waals surface area contributed by atoms with E-state index in [4.69, 9.17) is 4.74 Å². The summed E-state index contributed by atoms with van der Waals surface area (Å²) in [4.78, 5) is 23.7. The van der Waals surface area contributed by atoms with E-state index in [1.165, 1.54) is 0 Å². The maximum Gasteiger partial charge on any atom is 0.311 e. The van der Waals surface area contributed by atoms with Crippen molar-refractivity contribution in [3.63, 3.8) is 0 Å². The largest absolute Gasteiger partial charge is 0.481 e. The molecule has 21 heavy (non-hydrogen) atoms. The van der Waals surface area contributed by atoms with Crippen LogP contribution in [0.2, 0.25) is 0 Å². The highest BCUT2D eigenvalue weighted by Crippen LogP contribution is 2.40. The molecule has 0 saturated carbocycles. The summed E-state index contributed by atoms with van der Waals surface area (Å²) in [5, 5.41) is 12.3. The monoisotopic (exact) mass is 289 g/mol. The van der Waals surface area contributed by atoms with Crippen molar-refractivity contribution in [3.05, 3.63) is 35.4 Å². The predicted molar refractivity (Wildman–Crippen MR) is 75.9 cm³/mol. The summed E-state index contributed by atoms with van der Waals surface area (Å²) in [5.41, 5.74) is 1.74. The summed E-state index contributed by atoms with van der Waals surface area (Å²) in [6.07, 6.45) is 2.16. The van der Waals surface area contributed by atoms with Crippen LogP contribution in [0, 0.1) is 5.92 Å². The molecule has 0 radical (unpaired) electrons. The average Bonchev–Trinajstić information content (AvgIpc) is 2.87. The molecular weight excluding hydrogens is 270 g/mol. The van der Waals surface area contributed by atoms with Gasteiger partial charge in [-0.2, -0.15) is 0 Å². The molecule has 1 amide bonds. The third-order valence-corrected chi connectivity index (χ3v) is 4.36. The molecular formula is C16H19NO4. The molecule has 1 fully saturated rings. The van der Waals surface area contributed by atoms with Gasteiger partial charge in [-0.1, -0.05) is 24.3 Å². The number of carbonyl (C=O) groups is 2. The van der Waals surface area contributed by atoms with Crippen LogP contribution in [0.1, 0.15) is 42.3 Å². The highest BCUT2D eigenvalue weighted by Gasteiger charge is 2.36. The number of hydrogen-bond donors (Lipinski definition) is 2. The number of aliphatic carboxylic acids is 1. The van der Waals surface area contributed by atoms with Gasteiger partial charge < -0.3 is 15.2 Å². The molecule has 5 nitrogen and oxygen atoms in total. The number of fused-ring (bicyclic) bond motifs is 1. The second kappa shape index (κ2) is 5.85. The minimum absolute atomic E-state index is 0.0273. The van der Waals surface area contributed by atoms with E-state index < -0.39 is 11.9 Å². The van der Waals surface area contributed by atoms with Crippen molar-refractivity contribution in [1.82, 2.24) is 5.32 Å². The lowest BCUT2D eigenvalue weighted by Crippen LogP contribution is -2.37. The summed E-state index contributed by atoms with van der Waals surface area (Å²) in [6, 6.07) is 7.25. The Morgan fingerprint density at radius 3 is 2.67 bits per heavy atom. The number of nitrogens with one attached hydrogen (secondary N) is 1. The summed E-state index contributed by atoms with van der Waals surface area (Å²) >= 11 is 0. The molecule has 0 aromatic heterocycles. The van der Waals surface area contributed by atoms with E-state index in [1.54, 1.807) is 0 Å². The smallest absolute Gasteiger partial charge is 0.311 e. The number of hydrogen-bond acceptors (Lipinski definition) is 3.